The van der Waals surface area contributed by atoms with E-state index in [-0.39, 0.29) is 12.2 Å². The Labute approximate surface area is 155 Å². The van der Waals surface area contributed by atoms with Gasteiger partial charge in [-0.25, -0.2) is 8.42 Å². The van der Waals surface area contributed by atoms with Crippen molar-refractivity contribution in [1.82, 2.24) is 0 Å². The van der Waals surface area contributed by atoms with Crippen molar-refractivity contribution in [2.24, 2.45) is 0 Å². The average molecular weight is 390 g/mol. The van der Waals surface area contributed by atoms with Gasteiger partial charge in [0.2, 0.25) is 0 Å². The van der Waals surface area contributed by atoms with Gasteiger partial charge in [-0.2, -0.15) is 0 Å². The molecule has 3 heterocycles. The first-order valence-corrected chi connectivity index (χ1v) is 10.9. The summed E-state index contributed by atoms with van der Waals surface area (Å²) in [6.45, 7) is 0. The van der Waals surface area contributed by atoms with Gasteiger partial charge in [-0.3, -0.25) is 4.79 Å². The van der Waals surface area contributed by atoms with Crippen LogP contribution in [0, 0.1) is 0 Å². The third-order valence-corrected chi connectivity index (χ3v) is 9.12. The molecule has 1 aliphatic heterocycles. The Bertz CT molecular complexity index is 1080. The van der Waals surface area contributed by atoms with E-state index in [1.54, 1.807) is 12.3 Å². The zero-order valence-corrected chi connectivity index (χ0v) is 15.6. The molecule has 0 amide bonds. The predicted octanol–water partition coefficient (Wildman–Crippen LogP) is 4.43. The molecule has 5 nitrogen and oxygen atoms in total. The van der Waals surface area contributed by atoms with E-state index in [4.69, 9.17) is 4.42 Å². The maximum atomic E-state index is 12.9. The Morgan fingerprint density at radius 2 is 2.04 bits per heavy atom. The van der Waals surface area contributed by atoms with Crippen molar-refractivity contribution < 1.29 is 22.7 Å². The second-order valence-corrected chi connectivity index (χ2v) is 10.2. The number of carbonyl (C=O) groups is 1. The summed E-state index contributed by atoms with van der Waals surface area (Å²) < 4.78 is 29.8. The normalized spacial score (nSPS) is 22.5. The number of hydrogen-bond acceptors (Lipinski definition) is 5. The molecule has 1 N–H and O–H groups in total. The smallest absolute Gasteiger partial charge is 0.305 e. The van der Waals surface area contributed by atoms with Crippen LogP contribution in [-0.4, -0.2) is 25.2 Å². The van der Waals surface area contributed by atoms with Crippen LogP contribution in [0.1, 0.15) is 30.6 Å². The number of carboxylic acids is 1. The van der Waals surface area contributed by atoms with Crippen LogP contribution in [-0.2, 0) is 19.4 Å². The fourth-order valence-electron chi connectivity index (χ4n) is 3.72. The lowest BCUT2D eigenvalue weighted by molar-refractivity contribution is -0.137. The molecular formula is C19H18O5S2. The highest BCUT2D eigenvalue weighted by molar-refractivity contribution is 7.92. The number of furan rings is 1. The van der Waals surface area contributed by atoms with Crippen LogP contribution in [0.2, 0.25) is 0 Å². The summed E-state index contributed by atoms with van der Waals surface area (Å²) in [6.07, 6.45) is 2.93. The van der Waals surface area contributed by atoms with Crippen LogP contribution in [0.5, 0.6) is 0 Å². The van der Waals surface area contributed by atoms with E-state index in [1.165, 1.54) is 11.3 Å². The quantitative estimate of drug-likeness (QED) is 0.712. The lowest BCUT2D eigenvalue weighted by Crippen LogP contribution is -2.41. The van der Waals surface area contributed by atoms with E-state index in [9.17, 15) is 18.3 Å². The molecule has 1 fully saturated rings. The molecule has 0 unspecified atom stereocenters. The molecule has 1 aromatic carbocycles. The van der Waals surface area contributed by atoms with Crippen molar-refractivity contribution in [1.29, 1.82) is 0 Å². The largest absolute Gasteiger partial charge is 0.481 e. The highest BCUT2D eigenvalue weighted by atomic mass is 32.2. The molecule has 1 atom stereocenters. The summed E-state index contributed by atoms with van der Waals surface area (Å²) in [5.74, 6) is -1.03. The monoisotopic (exact) mass is 390 g/mol. The van der Waals surface area contributed by atoms with Crippen molar-refractivity contribution in [3.8, 4) is 10.4 Å². The summed E-state index contributed by atoms with van der Waals surface area (Å²) in [5.41, 5.74) is 1.76. The van der Waals surface area contributed by atoms with Gasteiger partial charge in [-0.1, -0.05) is 6.42 Å². The fourth-order valence-corrected chi connectivity index (χ4v) is 7.49. The van der Waals surface area contributed by atoms with E-state index in [1.807, 2.05) is 30.3 Å². The first-order valence-electron chi connectivity index (χ1n) is 8.43. The van der Waals surface area contributed by atoms with Crippen molar-refractivity contribution in [2.75, 3.05) is 5.75 Å². The van der Waals surface area contributed by atoms with E-state index in [0.717, 1.165) is 27.8 Å². The number of rotatable bonds is 4. The van der Waals surface area contributed by atoms with Gasteiger partial charge in [-0.15, -0.1) is 11.3 Å². The van der Waals surface area contributed by atoms with Crippen LogP contribution in [0.4, 0.5) is 0 Å². The maximum absolute atomic E-state index is 12.9. The van der Waals surface area contributed by atoms with Crippen molar-refractivity contribution in [2.45, 2.75) is 30.4 Å². The maximum Gasteiger partial charge on any atom is 0.305 e. The molecule has 0 radical (unpaired) electrons. The third kappa shape index (κ3) is 2.75. The Hall–Kier alpha value is -2.12. The van der Waals surface area contributed by atoms with Crippen LogP contribution in [0.3, 0.4) is 0 Å². The van der Waals surface area contributed by atoms with Gasteiger partial charge in [-0.05, 0) is 54.8 Å². The summed E-state index contributed by atoms with van der Waals surface area (Å²) in [6, 6.07) is 11.4. The molecule has 7 heteroatoms. The van der Waals surface area contributed by atoms with Gasteiger partial charge < -0.3 is 9.52 Å². The highest BCUT2D eigenvalue weighted by Crippen LogP contribution is 2.47. The molecule has 1 saturated heterocycles. The summed E-state index contributed by atoms with van der Waals surface area (Å²) in [7, 11) is -3.51. The molecule has 2 aromatic heterocycles. The minimum Gasteiger partial charge on any atom is -0.481 e. The Morgan fingerprint density at radius 1 is 1.19 bits per heavy atom. The Morgan fingerprint density at radius 3 is 2.81 bits per heavy atom. The minimum atomic E-state index is -3.51. The molecule has 3 aromatic rings. The highest BCUT2D eigenvalue weighted by Gasteiger charge is 2.49. The number of thiophene rings is 1. The van der Waals surface area contributed by atoms with Crippen LogP contribution in [0.15, 0.2) is 47.1 Å². The van der Waals surface area contributed by atoms with Crippen molar-refractivity contribution >= 4 is 38.1 Å². The third-order valence-electron chi connectivity index (χ3n) is 5.07. The number of carboxylic acid groups (broad SMARTS) is 1. The molecule has 1 aliphatic rings. The van der Waals surface area contributed by atoms with Gasteiger partial charge in [0.05, 0.1) is 18.4 Å². The number of fused-ring (bicyclic) bond motifs is 1. The van der Waals surface area contributed by atoms with Crippen LogP contribution < -0.4 is 0 Å². The number of benzene rings is 1. The van der Waals surface area contributed by atoms with E-state index >= 15 is 0 Å². The fraction of sp³-hybridized carbons (Fsp3) is 0.316. The number of sulfone groups is 1. The molecule has 0 saturated carbocycles. The molecule has 0 spiro atoms. The Balaban J connectivity index is 1.80. The second-order valence-electron chi connectivity index (χ2n) is 6.68. The molecule has 26 heavy (non-hydrogen) atoms. The summed E-state index contributed by atoms with van der Waals surface area (Å²) in [5, 5.41) is 10.3. The molecule has 4 rings (SSSR count). The second kappa shape index (κ2) is 6.25. The lowest BCUT2D eigenvalue weighted by Gasteiger charge is -2.34. The topological polar surface area (TPSA) is 84.6 Å². The van der Waals surface area contributed by atoms with E-state index < -0.39 is 20.6 Å². The van der Waals surface area contributed by atoms with Gasteiger partial charge in [0.1, 0.15) is 10.3 Å². The SMILES string of the molecule is O=C(O)C[C@]1(c2ccc(-c3ccc4occc4c3)s2)CCCCS1(=O)=O. The van der Waals surface area contributed by atoms with Crippen molar-refractivity contribution in [3.05, 3.63) is 47.5 Å². The Kier molecular flexibility index (Phi) is 4.16. The molecular weight excluding hydrogens is 372 g/mol. The lowest BCUT2D eigenvalue weighted by atomic mass is 9.95. The first kappa shape index (κ1) is 17.3. The van der Waals surface area contributed by atoms with Crippen molar-refractivity contribution in [3.63, 3.8) is 0 Å². The first-order chi connectivity index (χ1) is 12.4. The average Bonchev–Trinajstić information content (AvgIpc) is 3.24. The number of hydrogen-bond donors (Lipinski definition) is 1. The van der Waals surface area contributed by atoms with E-state index in [2.05, 4.69) is 0 Å². The standard InChI is InChI=1S/C19H18O5S2/c20-18(21)12-19(8-1-2-10-26(19,22)23)17-6-5-16(25-17)14-3-4-15-13(11-14)7-9-24-15/h3-7,9,11H,1-2,8,10,12H2,(H,20,21)/t19-/m0/s1. The van der Waals surface area contributed by atoms with E-state index in [0.29, 0.717) is 17.7 Å². The minimum absolute atomic E-state index is 0.0501. The zero-order chi connectivity index (χ0) is 18.4. The molecule has 0 bridgehead atoms. The summed E-state index contributed by atoms with van der Waals surface area (Å²) >= 11 is 1.37. The summed E-state index contributed by atoms with van der Waals surface area (Å²) in [4.78, 5) is 13.0. The predicted molar refractivity (Wildman–Crippen MR) is 101 cm³/mol. The van der Waals surface area contributed by atoms with Gasteiger partial charge >= 0.3 is 5.97 Å². The van der Waals surface area contributed by atoms with Crippen LogP contribution in [0.25, 0.3) is 21.4 Å². The zero-order valence-electron chi connectivity index (χ0n) is 14.0. The van der Waals surface area contributed by atoms with Gasteiger partial charge in [0.25, 0.3) is 0 Å². The van der Waals surface area contributed by atoms with Crippen LogP contribution >= 0.6 is 11.3 Å². The van der Waals surface area contributed by atoms with Gasteiger partial charge in [0.15, 0.2) is 9.84 Å². The van der Waals surface area contributed by atoms with Gasteiger partial charge in [0, 0.05) is 15.1 Å². The molecule has 0 aliphatic carbocycles. The number of aliphatic carboxylic acids is 1. The molecule has 136 valence electrons.